The molecule has 0 radical (unpaired) electrons. The van der Waals surface area contributed by atoms with Gasteiger partial charge in [-0.2, -0.15) is 5.10 Å². The largest absolute Gasteiger partial charge is 0.350 e. The average Bonchev–Trinajstić information content (AvgIpc) is 2.85. The fourth-order valence-electron chi connectivity index (χ4n) is 2.04. The molecule has 1 aromatic heterocycles. The van der Waals surface area contributed by atoms with Crippen LogP contribution in [0.4, 0.5) is 0 Å². The van der Waals surface area contributed by atoms with Crippen LogP contribution in [0.5, 0.6) is 0 Å². The number of benzene rings is 1. The molecule has 5 nitrogen and oxygen atoms in total. The molecule has 20 heavy (non-hydrogen) atoms. The predicted molar refractivity (Wildman–Crippen MR) is 78.0 cm³/mol. The molecule has 0 fully saturated rings. The summed E-state index contributed by atoms with van der Waals surface area (Å²) in [4.78, 5) is 12.2. The Morgan fingerprint density at radius 2 is 2.05 bits per heavy atom. The van der Waals surface area contributed by atoms with Crippen molar-refractivity contribution in [1.82, 2.24) is 20.4 Å². The molecule has 2 N–H and O–H groups in total. The van der Waals surface area contributed by atoms with E-state index in [9.17, 15) is 4.79 Å². The number of carbonyl (C=O) groups is 1. The van der Waals surface area contributed by atoms with Gasteiger partial charge in [-0.1, -0.05) is 29.8 Å². The first kappa shape index (κ1) is 14.3. The fraction of sp³-hybridized carbons (Fsp3) is 0.333. The Bertz CT molecular complexity index is 574. The summed E-state index contributed by atoms with van der Waals surface area (Å²) in [6, 6.07) is 7.74. The number of amides is 1. The van der Waals surface area contributed by atoms with E-state index in [1.807, 2.05) is 44.4 Å². The molecule has 0 saturated heterocycles. The summed E-state index contributed by atoms with van der Waals surface area (Å²) in [5.41, 5.74) is 3.16. The van der Waals surface area contributed by atoms with Crippen molar-refractivity contribution in [3.63, 3.8) is 0 Å². The number of aryl methyl sites for hydroxylation is 2. The van der Waals surface area contributed by atoms with Gasteiger partial charge in [-0.05, 0) is 19.5 Å². The van der Waals surface area contributed by atoms with Crippen LogP contribution in [0.2, 0.25) is 0 Å². The van der Waals surface area contributed by atoms with Gasteiger partial charge in [0.05, 0.1) is 6.20 Å². The van der Waals surface area contributed by atoms with Crippen molar-refractivity contribution < 1.29 is 4.79 Å². The molecule has 0 bridgehead atoms. The SMILES string of the molecule is CNC(C(=O)NCc1ccc(C)cc1)c1cnn(C)c1. The molecule has 0 spiro atoms. The van der Waals surface area contributed by atoms with Gasteiger partial charge in [0.1, 0.15) is 6.04 Å². The fourth-order valence-corrected chi connectivity index (χ4v) is 2.04. The molecule has 0 aliphatic carbocycles. The molecule has 2 rings (SSSR count). The minimum Gasteiger partial charge on any atom is -0.350 e. The molecule has 1 unspecified atom stereocenters. The van der Waals surface area contributed by atoms with E-state index in [2.05, 4.69) is 15.7 Å². The third-order valence-corrected chi connectivity index (χ3v) is 3.20. The molecule has 0 aliphatic rings. The molecule has 106 valence electrons. The van der Waals surface area contributed by atoms with Crippen molar-refractivity contribution in [3.05, 3.63) is 53.3 Å². The van der Waals surface area contributed by atoms with Gasteiger partial charge in [0, 0.05) is 25.4 Å². The summed E-state index contributed by atoms with van der Waals surface area (Å²) in [7, 11) is 3.60. The summed E-state index contributed by atoms with van der Waals surface area (Å²) < 4.78 is 1.69. The molecule has 5 heteroatoms. The second-order valence-corrected chi connectivity index (χ2v) is 4.87. The molecular weight excluding hydrogens is 252 g/mol. The second-order valence-electron chi connectivity index (χ2n) is 4.87. The molecule has 0 aliphatic heterocycles. The van der Waals surface area contributed by atoms with Gasteiger partial charge in [-0.15, -0.1) is 0 Å². The van der Waals surface area contributed by atoms with Crippen LogP contribution in [-0.4, -0.2) is 22.7 Å². The summed E-state index contributed by atoms with van der Waals surface area (Å²) in [6.45, 7) is 2.57. The zero-order valence-corrected chi connectivity index (χ0v) is 12.1. The maximum absolute atomic E-state index is 12.2. The summed E-state index contributed by atoms with van der Waals surface area (Å²) in [6.07, 6.45) is 3.54. The molecule has 1 aromatic carbocycles. The van der Waals surface area contributed by atoms with Crippen molar-refractivity contribution in [3.8, 4) is 0 Å². The summed E-state index contributed by atoms with van der Waals surface area (Å²) in [5.74, 6) is -0.0546. The lowest BCUT2D eigenvalue weighted by Gasteiger charge is -2.14. The Labute approximate surface area is 119 Å². The minimum atomic E-state index is -0.380. The highest BCUT2D eigenvalue weighted by molar-refractivity contribution is 5.82. The number of nitrogens with one attached hydrogen (secondary N) is 2. The molecule has 1 atom stereocenters. The lowest BCUT2D eigenvalue weighted by Crippen LogP contribution is -2.35. The first-order valence-corrected chi connectivity index (χ1v) is 6.59. The molecule has 2 aromatic rings. The monoisotopic (exact) mass is 272 g/mol. The zero-order chi connectivity index (χ0) is 14.5. The second kappa shape index (κ2) is 6.34. The molecule has 1 amide bonds. The van der Waals surface area contributed by atoms with E-state index in [-0.39, 0.29) is 11.9 Å². The number of hydrogen-bond donors (Lipinski definition) is 2. The standard InChI is InChI=1S/C15H20N4O/c1-11-4-6-12(7-5-11)8-17-15(20)14(16-2)13-9-18-19(3)10-13/h4-7,9-10,14,16H,8H2,1-3H3,(H,17,20). The zero-order valence-electron chi connectivity index (χ0n) is 12.1. The van der Waals surface area contributed by atoms with Crippen molar-refractivity contribution >= 4 is 5.91 Å². The van der Waals surface area contributed by atoms with E-state index >= 15 is 0 Å². The van der Waals surface area contributed by atoms with Crippen LogP contribution in [0.3, 0.4) is 0 Å². The van der Waals surface area contributed by atoms with Gasteiger partial charge in [0.15, 0.2) is 0 Å². The molecular formula is C15H20N4O. The summed E-state index contributed by atoms with van der Waals surface area (Å²) in [5, 5.41) is 10.0. The van der Waals surface area contributed by atoms with Crippen molar-refractivity contribution in [2.75, 3.05) is 7.05 Å². The van der Waals surface area contributed by atoms with Crippen molar-refractivity contribution in [2.24, 2.45) is 7.05 Å². The van der Waals surface area contributed by atoms with Crippen LogP contribution in [-0.2, 0) is 18.4 Å². The predicted octanol–water partition coefficient (Wildman–Crippen LogP) is 1.31. The highest BCUT2D eigenvalue weighted by atomic mass is 16.2. The smallest absolute Gasteiger partial charge is 0.242 e. The quantitative estimate of drug-likeness (QED) is 0.862. The van der Waals surface area contributed by atoms with Crippen LogP contribution in [0.1, 0.15) is 22.7 Å². The number of aromatic nitrogens is 2. The lowest BCUT2D eigenvalue weighted by atomic mass is 10.1. The topological polar surface area (TPSA) is 59.0 Å². The van der Waals surface area contributed by atoms with Crippen LogP contribution >= 0.6 is 0 Å². The third kappa shape index (κ3) is 3.45. The van der Waals surface area contributed by atoms with Crippen molar-refractivity contribution in [2.45, 2.75) is 19.5 Å². The van der Waals surface area contributed by atoms with Crippen LogP contribution in [0, 0.1) is 6.92 Å². The van der Waals surface area contributed by atoms with Crippen LogP contribution < -0.4 is 10.6 Å². The van der Waals surface area contributed by atoms with E-state index in [4.69, 9.17) is 0 Å². The first-order chi connectivity index (χ1) is 9.60. The molecule has 1 heterocycles. The third-order valence-electron chi connectivity index (χ3n) is 3.20. The number of likely N-dealkylation sites (N-methyl/N-ethyl adjacent to an activating group) is 1. The van der Waals surface area contributed by atoms with Crippen LogP contribution in [0.15, 0.2) is 36.7 Å². The van der Waals surface area contributed by atoms with E-state index in [1.54, 1.807) is 17.9 Å². The van der Waals surface area contributed by atoms with Gasteiger partial charge in [0.25, 0.3) is 0 Å². The van der Waals surface area contributed by atoms with Gasteiger partial charge >= 0.3 is 0 Å². The first-order valence-electron chi connectivity index (χ1n) is 6.59. The van der Waals surface area contributed by atoms with Gasteiger partial charge < -0.3 is 10.6 Å². The Morgan fingerprint density at radius 1 is 1.35 bits per heavy atom. The number of carbonyl (C=O) groups excluding carboxylic acids is 1. The molecule has 0 saturated carbocycles. The van der Waals surface area contributed by atoms with E-state index in [0.29, 0.717) is 6.54 Å². The van der Waals surface area contributed by atoms with E-state index in [1.165, 1.54) is 5.56 Å². The van der Waals surface area contributed by atoms with Gasteiger partial charge in [-0.25, -0.2) is 0 Å². The normalized spacial score (nSPS) is 12.2. The number of rotatable bonds is 5. The van der Waals surface area contributed by atoms with Crippen LogP contribution in [0.25, 0.3) is 0 Å². The highest BCUT2D eigenvalue weighted by Crippen LogP contribution is 2.11. The maximum Gasteiger partial charge on any atom is 0.242 e. The Kier molecular flexibility index (Phi) is 4.53. The summed E-state index contributed by atoms with van der Waals surface area (Å²) >= 11 is 0. The number of nitrogens with zero attached hydrogens (tertiary/aromatic N) is 2. The van der Waals surface area contributed by atoms with Crippen molar-refractivity contribution in [1.29, 1.82) is 0 Å². The van der Waals surface area contributed by atoms with E-state index in [0.717, 1.165) is 11.1 Å². The highest BCUT2D eigenvalue weighted by Gasteiger charge is 2.19. The number of hydrogen-bond acceptors (Lipinski definition) is 3. The van der Waals surface area contributed by atoms with Gasteiger partial charge in [0.2, 0.25) is 5.91 Å². The Morgan fingerprint density at radius 3 is 2.60 bits per heavy atom. The average molecular weight is 272 g/mol. The minimum absolute atomic E-state index is 0.0546. The lowest BCUT2D eigenvalue weighted by molar-refractivity contribution is -0.123. The maximum atomic E-state index is 12.2. The Hall–Kier alpha value is -2.14. The van der Waals surface area contributed by atoms with Gasteiger partial charge in [-0.3, -0.25) is 9.48 Å². The Balaban J connectivity index is 1.97. The van der Waals surface area contributed by atoms with E-state index < -0.39 is 0 Å².